The molecule has 4 nitrogen and oxygen atoms in total. The first-order valence-electron chi connectivity index (χ1n) is 6.45. The number of anilines is 1. The Hall–Kier alpha value is -1.59. The van der Waals surface area contributed by atoms with E-state index in [1.807, 2.05) is 43.3 Å². The molecule has 0 aliphatic carbocycles. The molecule has 0 atom stereocenters. The smallest absolute Gasteiger partial charge is 0.124 e. The molecule has 2 rings (SSSR count). The number of aromatic nitrogens is 1. The van der Waals surface area contributed by atoms with E-state index in [0.29, 0.717) is 13.2 Å². The number of pyridine rings is 1. The van der Waals surface area contributed by atoms with Gasteiger partial charge in [-0.1, -0.05) is 6.07 Å². The predicted molar refractivity (Wildman–Crippen MR) is 82.8 cm³/mol. The minimum Gasteiger partial charge on any atom is -0.494 e. The van der Waals surface area contributed by atoms with Crippen LogP contribution in [0, 0.1) is 0 Å². The number of rotatable bonds is 6. The van der Waals surface area contributed by atoms with Crippen molar-refractivity contribution in [3.05, 3.63) is 52.3 Å². The van der Waals surface area contributed by atoms with E-state index < -0.39 is 0 Å². The third-order valence-electron chi connectivity index (χ3n) is 2.78. The number of benzene rings is 1. The molecular formula is C15H17BrN2O2. The number of hydrogen-bond donors (Lipinski definition) is 2. The van der Waals surface area contributed by atoms with Gasteiger partial charge in [0.1, 0.15) is 10.4 Å². The Morgan fingerprint density at radius 2 is 2.15 bits per heavy atom. The molecule has 0 aliphatic heterocycles. The van der Waals surface area contributed by atoms with Gasteiger partial charge in [0.15, 0.2) is 0 Å². The summed E-state index contributed by atoms with van der Waals surface area (Å²) in [5, 5.41) is 12.6. The zero-order valence-electron chi connectivity index (χ0n) is 11.3. The molecule has 106 valence electrons. The molecule has 0 bridgehead atoms. The molecule has 0 saturated heterocycles. The maximum absolute atomic E-state index is 9.36. The number of aliphatic hydroxyl groups is 1. The lowest BCUT2D eigenvalue weighted by Gasteiger charge is -2.12. The Labute approximate surface area is 126 Å². The second-order valence-corrected chi connectivity index (χ2v) is 5.03. The van der Waals surface area contributed by atoms with Crippen molar-refractivity contribution in [3.63, 3.8) is 0 Å². The van der Waals surface area contributed by atoms with E-state index in [0.717, 1.165) is 27.3 Å². The van der Waals surface area contributed by atoms with E-state index >= 15 is 0 Å². The molecule has 0 spiro atoms. The number of halogens is 1. The van der Waals surface area contributed by atoms with Crippen LogP contribution in [0.5, 0.6) is 5.75 Å². The molecule has 0 radical (unpaired) electrons. The van der Waals surface area contributed by atoms with Crippen LogP contribution >= 0.6 is 15.9 Å². The van der Waals surface area contributed by atoms with Gasteiger partial charge in [0.25, 0.3) is 0 Å². The first kappa shape index (κ1) is 14.8. The molecule has 0 saturated carbocycles. The Balaban J connectivity index is 2.06. The molecule has 20 heavy (non-hydrogen) atoms. The van der Waals surface area contributed by atoms with E-state index in [2.05, 4.69) is 26.2 Å². The summed E-state index contributed by atoms with van der Waals surface area (Å²) in [5.74, 6) is 0.723. The highest BCUT2D eigenvalue weighted by molar-refractivity contribution is 9.10. The Morgan fingerprint density at radius 1 is 1.30 bits per heavy atom. The summed E-state index contributed by atoms with van der Waals surface area (Å²) in [6, 6.07) is 11.5. The number of ether oxygens (including phenoxy) is 1. The van der Waals surface area contributed by atoms with Gasteiger partial charge in [-0.25, -0.2) is 4.98 Å². The van der Waals surface area contributed by atoms with Gasteiger partial charge in [-0.15, -0.1) is 0 Å². The van der Waals surface area contributed by atoms with Gasteiger partial charge in [-0.05, 0) is 53.2 Å². The van der Waals surface area contributed by atoms with Crippen LogP contribution in [-0.4, -0.2) is 16.7 Å². The highest BCUT2D eigenvalue weighted by Gasteiger charge is 2.04. The third kappa shape index (κ3) is 3.95. The van der Waals surface area contributed by atoms with Crippen LogP contribution in [0.3, 0.4) is 0 Å². The van der Waals surface area contributed by atoms with Crippen LogP contribution in [0.2, 0.25) is 0 Å². The molecule has 0 amide bonds. The molecule has 0 fully saturated rings. The summed E-state index contributed by atoms with van der Waals surface area (Å²) in [6.07, 6.45) is 0. The first-order chi connectivity index (χ1) is 9.72. The summed E-state index contributed by atoms with van der Waals surface area (Å²) < 4.78 is 6.27. The molecular weight excluding hydrogens is 320 g/mol. The van der Waals surface area contributed by atoms with Crippen LogP contribution in [0.25, 0.3) is 0 Å². The summed E-state index contributed by atoms with van der Waals surface area (Å²) in [5.41, 5.74) is 2.65. The monoisotopic (exact) mass is 336 g/mol. The highest BCUT2D eigenvalue weighted by Crippen LogP contribution is 2.23. The van der Waals surface area contributed by atoms with Gasteiger partial charge in [0.2, 0.25) is 0 Å². The quantitative estimate of drug-likeness (QED) is 0.794. The van der Waals surface area contributed by atoms with Crippen LogP contribution in [0.4, 0.5) is 5.69 Å². The molecule has 2 N–H and O–H groups in total. The van der Waals surface area contributed by atoms with Crippen molar-refractivity contribution in [2.45, 2.75) is 20.1 Å². The van der Waals surface area contributed by atoms with E-state index in [1.165, 1.54) is 0 Å². The van der Waals surface area contributed by atoms with Crippen molar-refractivity contribution in [3.8, 4) is 5.75 Å². The minimum atomic E-state index is -0.0417. The van der Waals surface area contributed by atoms with Crippen molar-refractivity contribution >= 4 is 21.6 Å². The molecule has 0 unspecified atom stereocenters. The fraction of sp³-hybridized carbons (Fsp3) is 0.267. The van der Waals surface area contributed by atoms with E-state index in [-0.39, 0.29) is 6.61 Å². The fourth-order valence-corrected chi connectivity index (χ4v) is 2.23. The Kier molecular flexibility index (Phi) is 5.38. The van der Waals surface area contributed by atoms with E-state index in [4.69, 9.17) is 4.74 Å². The number of nitrogens with one attached hydrogen (secondary N) is 1. The van der Waals surface area contributed by atoms with Gasteiger partial charge in [0.05, 0.1) is 25.5 Å². The zero-order chi connectivity index (χ0) is 14.4. The molecule has 2 aromatic rings. The summed E-state index contributed by atoms with van der Waals surface area (Å²) in [6.45, 7) is 3.09. The molecule has 5 heteroatoms. The minimum absolute atomic E-state index is 0.0417. The number of aliphatic hydroxyl groups excluding tert-OH is 1. The lowest BCUT2D eigenvalue weighted by atomic mass is 10.2. The van der Waals surface area contributed by atoms with E-state index in [1.54, 1.807) is 0 Å². The lowest BCUT2D eigenvalue weighted by molar-refractivity contribution is 0.267. The molecule has 1 heterocycles. The second kappa shape index (κ2) is 7.26. The standard InChI is InChI=1S/C15H17BrN2O2/c1-2-20-14-7-6-12(8-11(14)10-19)17-9-13-4-3-5-15(16)18-13/h3-8,17,19H,2,9-10H2,1H3. The van der Waals surface area contributed by atoms with Crippen LogP contribution < -0.4 is 10.1 Å². The van der Waals surface area contributed by atoms with Gasteiger partial charge in [-0.2, -0.15) is 0 Å². The summed E-state index contributed by atoms with van der Waals surface area (Å²) >= 11 is 3.35. The van der Waals surface area contributed by atoms with Crippen LogP contribution in [-0.2, 0) is 13.2 Å². The highest BCUT2D eigenvalue weighted by atomic mass is 79.9. The fourth-order valence-electron chi connectivity index (χ4n) is 1.85. The number of hydrogen-bond acceptors (Lipinski definition) is 4. The predicted octanol–water partition coefficient (Wildman–Crippen LogP) is 3.35. The second-order valence-electron chi connectivity index (χ2n) is 4.22. The van der Waals surface area contributed by atoms with Crippen molar-refractivity contribution in [1.82, 2.24) is 4.98 Å². The van der Waals surface area contributed by atoms with Crippen molar-refractivity contribution in [2.24, 2.45) is 0 Å². The van der Waals surface area contributed by atoms with Crippen LogP contribution in [0.1, 0.15) is 18.2 Å². The first-order valence-corrected chi connectivity index (χ1v) is 7.24. The Bertz CT molecular complexity index is 576. The van der Waals surface area contributed by atoms with Crippen molar-refractivity contribution < 1.29 is 9.84 Å². The zero-order valence-corrected chi connectivity index (χ0v) is 12.9. The van der Waals surface area contributed by atoms with Gasteiger partial charge >= 0.3 is 0 Å². The normalized spacial score (nSPS) is 10.3. The van der Waals surface area contributed by atoms with Crippen LogP contribution in [0.15, 0.2) is 41.0 Å². The number of nitrogens with zero attached hydrogens (tertiary/aromatic N) is 1. The van der Waals surface area contributed by atoms with Gasteiger partial charge < -0.3 is 15.2 Å². The molecule has 0 aliphatic rings. The average molecular weight is 337 g/mol. The SMILES string of the molecule is CCOc1ccc(NCc2cccc(Br)n2)cc1CO. The summed E-state index contributed by atoms with van der Waals surface area (Å²) in [4.78, 5) is 4.36. The molecule has 1 aromatic heterocycles. The summed E-state index contributed by atoms with van der Waals surface area (Å²) in [7, 11) is 0. The van der Waals surface area contributed by atoms with Crippen molar-refractivity contribution in [2.75, 3.05) is 11.9 Å². The Morgan fingerprint density at radius 3 is 2.85 bits per heavy atom. The maximum atomic E-state index is 9.36. The third-order valence-corrected chi connectivity index (χ3v) is 3.22. The largest absolute Gasteiger partial charge is 0.494 e. The van der Waals surface area contributed by atoms with E-state index in [9.17, 15) is 5.11 Å². The average Bonchev–Trinajstić information content (AvgIpc) is 2.46. The molecule has 1 aromatic carbocycles. The lowest BCUT2D eigenvalue weighted by Crippen LogP contribution is -2.03. The van der Waals surface area contributed by atoms with Crippen molar-refractivity contribution in [1.29, 1.82) is 0 Å². The van der Waals surface area contributed by atoms with Gasteiger partial charge in [0, 0.05) is 11.3 Å². The van der Waals surface area contributed by atoms with Gasteiger partial charge in [-0.3, -0.25) is 0 Å². The topological polar surface area (TPSA) is 54.4 Å². The maximum Gasteiger partial charge on any atom is 0.124 e.